The number of rotatable bonds is 2. The van der Waals surface area contributed by atoms with Crippen LogP contribution in [0.4, 0.5) is 0 Å². The first-order chi connectivity index (χ1) is 21.6. The summed E-state index contributed by atoms with van der Waals surface area (Å²) in [5.74, 6) is 0. The molecule has 1 aliphatic rings. The van der Waals surface area contributed by atoms with Gasteiger partial charge in [-0.25, -0.2) is 0 Å². The number of benzene rings is 6. The van der Waals surface area contributed by atoms with Crippen molar-refractivity contribution < 1.29 is 0 Å². The largest absolute Gasteiger partial charge is 0.309 e. The van der Waals surface area contributed by atoms with E-state index >= 15 is 0 Å². The van der Waals surface area contributed by atoms with Gasteiger partial charge in [0.2, 0.25) is 0 Å². The lowest BCUT2D eigenvalue weighted by molar-refractivity contribution is 0.667. The van der Waals surface area contributed by atoms with Crippen molar-refractivity contribution in [3.63, 3.8) is 0 Å². The molecule has 1 nitrogen and oxygen atoms in total. The van der Waals surface area contributed by atoms with Crippen molar-refractivity contribution in [2.45, 2.75) is 19.3 Å². The number of aromatic nitrogens is 1. The minimum absolute atomic E-state index is 0.000612. The second kappa shape index (κ2) is 8.69. The van der Waals surface area contributed by atoms with Gasteiger partial charge in [-0.15, -0.1) is 22.7 Å². The molecule has 0 atom stereocenters. The average molecular weight is 598 g/mol. The van der Waals surface area contributed by atoms with E-state index in [1.165, 1.54) is 90.4 Å². The minimum atomic E-state index is 0.000612. The predicted octanol–water partition coefficient (Wildman–Crippen LogP) is 12.3. The molecular weight excluding hydrogens is 571 g/mol. The summed E-state index contributed by atoms with van der Waals surface area (Å²) in [7, 11) is 0. The van der Waals surface area contributed by atoms with E-state index in [0.717, 1.165) is 0 Å². The molecular formula is C41H27NS2. The van der Waals surface area contributed by atoms with Crippen molar-refractivity contribution in [1.82, 2.24) is 4.57 Å². The molecule has 1 aliphatic carbocycles. The summed E-state index contributed by atoms with van der Waals surface area (Å²) < 4.78 is 6.47. The quantitative estimate of drug-likeness (QED) is 0.187. The fourth-order valence-corrected chi connectivity index (χ4v) is 10.4. The van der Waals surface area contributed by atoms with E-state index in [2.05, 4.69) is 146 Å². The monoisotopic (exact) mass is 597 g/mol. The van der Waals surface area contributed by atoms with Crippen LogP contribution in [0.5, 0.6) is 0 Å². The van der Waals surface area contributed by atoms with E-state index in [9.17, 15) is 0 Å². The van der Waals surface area contributed by atoms with E-state index in [4.69, 9.17) is 0 Å². The number of hydrogen-bond donors (Lipinski definition) is 0. The van der Waals surface area contributed by atoms with Crippen molar-refractivity contribution in [3.05, 3.63) is 139 Å². The van der Waals surface area contributed by atoms with Crippen molar-refractivity contribution >= 4 is 74.7 Å². The van der Waals surface area contributed by atoms with E-state index in [0.29, 0.717) is 0 Å². The first-order valence-electron chi connectivity index (χ1n) is 15.2. The number of hydrogen-bond acceptors (Lipinski definition) is 2. The molecule has 3 heterocycles. The summed E-state index contributed by atoms with van der Waals surface area (Å²) in [4.78, 5) is 1.44. The Morgan fingerprint density at radius 1 is 0.523 bits per heavy atom. The summed E-state index contributed by atoms with van der Waals surface area (Å²) in [6.07, 6.45) is 0. The first-order valence-corrected chi connectivity index (χ1v) is 16.8. The maximum Gasteiger partial charge on any atom is 0.0555 e. The highest BCUT2D eigenvalue weighted by Crippen LogP contribution is 2.56. The van der Waals surface area contributed by atoms with Gasteiger partial charge in [0.1, 0.15) is 0 Å². The van der Waals surface area contributed by atoms with Gasteiger partial charge in [-0.3, -0.25) is 0 Å². The molecule has 208 valence electrons. The van der Waals surface area contributed by atoms with Gasteiger partial charge in [-0.2, -0.15) is 0 Å². The fraction of sp³-hybridized carbons (Fsp3) is 0.0732. The molecule has 0 radical (unpaired) electrons. The maximum absolute atomic E-state index is 2.44. The summed E-state index contributed by atoms with van der Waals surface area (Å²) >= 11 is 3.87. The summed E-state index contributed by atoms with van der Waals surface area (Å²) in [6, 6.07) is 47.4. The Hall–Kier alpha value is -4.70. The SMILES string of the molecule is CC1(C)c2ccccc2-c2sc3c(-c4ccc5sc6cc7c(cc6c5c4)c4ccccc4n7-c4ccccc4)cccc3c21. The van der Waals surface area contributed by atoms with Crippen LogP contribution in [0.15, 0.2) is 127 Å². The number of nitrogens with zero attached hydrogens (tertiary/aromatic N) is 1. The highest BCUT2D eigenvalue weighted by atomic mass is 32.1. The molecule has 0 unspecified atom stereocenters. The van der Waals surface area contributed by atoms with Crippen molar-refractivity contribution in [2.24, 2.45) is 0 Å². The van der Waals surface area contributed by atoms with E-state index in [-0.39, 0.29) is 5.41 Å². The van der Waals surface area contributed by atoms with Crippen LogP contribution >= 0.6 is 22.7 Å². The smallest absolute Gasteiger partial charge is 0.0555 e. The lowest BCUT2D eigenvalue weighted by Gasteiger charge is -2.21. The standard InChI is InChI=1S/C41H27NS2/c1-41(2)33-17-8-6-14-28(33)40-38(41)29-16-10-15-26(39(29)44-40)24-19-20-36-31(21-24)32-22-30-27-13-7-9-18-34(27)42(25-11-4-3-5-12-25)35(30)23-37(32)43-36/h3-23H,1-2H3. The third-order valence-corrected chi connectivity index (χ3v) is 12.2. The molecule has 44 heavy (non-hydrogen) atoms. The van der Waals surface area contributed by atoms with Gasteiger partial charge in [0.15, 0.2) is 0 Å². The fourth-order valence-electron chi connectivity index (χ4n) is 7.78. The molecule has 0 bridgehead atoms. The van der Waals surface area contributed by atoms with Crippen molar-refractivity contribution in [3.8, 4) is 27.3 Å². The Kier molecular flexibility index (Phi) is 4.88. The molecule has 10 rings (SSSR count). The minimum Gasteiger partial charge on any atom is -0.309 e. The Bertz CT molecular complexity index is 2630. The van der Waals surface area contributed by atoms with Crippen LogP contribution in [-0.4, -0.2) is 4.57 Å². The molecule has 6 aromatic carbocycles. The lowest BCUT2D eigenvalue weighted by atomic mass is 9.81. The van der Waals surface area contributed by atoms with Crippen LogP contribution < -0.4 is 0 Å². The lowest BCUT2D eigenvalue weighted by Crippen LogP contribution is -2.14. The van der Waals surface area contributed by atoms with E-state index < -0.39 is 0 Å². The molecule has 3 aromatic heterocycles. The van der Waals surface area contributed by atoms with Crippen molar-refractivity contribution in [1.29, 1.82) is 0 Å². The summed E-state index contributed by atoms with van der Waals surface area (Å²) in [6.45, 7) is 4.77. The van der Waals surface area contributed by atoms with Gasteiger partial charge in [-0.05, 0) is 75.7 Å². The van der Waals surface area contributed by atoms with Crippen molar-refractivity contribution in [2.75, 3.05) is 0 Å². The van der Waals surface area contributed by atoms with Gasteiger partial charge in [0, 0.05) is 51.6 Å². The Balaban J connectivity index is 1.21. The molecule has 0 saturated heterocycles. The second-order valence-electron chi connectivity index (χ2n) is 12.5. The van der Waals surface area contributed by atoms with Crippen LogP contribution in [0.2, 0.25) is 0 Å². The molecule has 0 aliphatic heterocycles. The Morgan fingerprint density at radius 3 is 2.18 bits per heavy atom. The molecule has 0 fully saturated rings. The highest BCUT2D eigenvalue weighted by molar-refractivity contribution is 7.26. The zero-order chi connectivity index (χ0) is 29.2. The first kappa shape index (κ1) is 24.7. The van der Waals surface area contributed by atoms with Gasteiger partial charge in [0.05, 0.1) is 11.0 Å². The van der Waals surface area contributed by atoms with E-state index in [1.54, 1.807) is 0 Å². The van der Waals surface area contributed by atoms with Crippen LogP contribution in [0.1, 0.15) is 25.0 Å². The normalized spacial score (nSPS) is 13.9. The molecule has 0 N–H and O–H groups in total. The van der Waals surface area contributed by atoms with Crippen LogP contribution in [-0.2, 0) is 5.41 Å². The van der Waals surface area contributed by atoms with Gasteiger partial charge in [-0.1, -0.05) is 98.8 Å². The van der Waals surface area contributed by atoms with E-state index in [1.807, 2.05) is 22.7 Å². The number of para-hydroxylation sites is 2. The van der Waals surface area contributed by atoms with Crippen LogP contribution in [0.3, 0.4) is 0 Å². The molecule has 3 heteroatoms. The van der Waals surface area contributed by atoms with Gasteiger partial charge >= 0.3 is 0 Å². The van der Waals surface area contributed by atoms with Gasteiger partial charge < -0.3 is 4.57 Å². The zero-order valence-electron chi connectivity index (χ0n) is 24.4. The number of fused-ring (bicyclic) bond motifs is 11. The van der Waals surface area contributed by atoms with Crippen LogP contribution in [0, 0.1) is 0 Å². The predicted molar refractivity (Wildman–Crippen MR) is 192 cm³/mol. The number of thiophene rings is 2. The maximum atomic E-state index is 2.44. The Labute approximate surface area is 263 Å². The third-order valence-electron chi connectivity index (χ3n) is 9.77. The average Bonchev–Trinajstić information content (AvgIpc) is 3.77. The molecule has 0 amide bonds. The zero-order valence-corrected chi connectivity index (χ0v) is 26.0. The molecule has 0 saturated carbocycles. The highest BCUT2D eigenvalue weighted by Gasteiger charge is 2.38. The summed E-state index contributed by atoms with van der Waals surface area (Å²) in [5.41, 5.74) is 10.7. The molecule has 0 spiro atoms. The molecule has 9 aromatic rings. The van der Waals surface area contributed by atoms with Crippen LogP contribution in [0.25, 0.3) is 79.3 Å². The Morgan fingerprint density at radius 2 is 1.27 bits per heavy atom. The summed E-state index contributed by atoms with van der Waals surface area (Å²) in [5, 5.41) is 6.68. The topological polar surface area (TPSA) is 4.93 Å². The van der Waals surface area contributed by atoms with Gasteiger partial charge in [0.25, 0.3) is 0 Å². The second-order valence-corrected chi connectivity index (χ2v) is 14.6. The third kappa shape index (κ3) is 3.18.